The van der Waals surface area contributed by atoms with Gasteiger partial charge in [-0.3, -0.25) is 4.99 Å². The Morgan fingerprint density at radius 2 is 1.59 bits per heavy atom. The summed E-state index contributed by atoms with van der Waals surface area (Å²) >= 11 is 0. The van der Waals surface area contributed by atoms with Crippen molar-refractivity contribution < 1.29 is 13.2 Å². The lowest BCUT2D eigenvalue weighted by Crippen LogP contribution is -2.04. The van der Waals surface area contributed by atoms with Crippen molar-refractivity contribution >= 4 is 11.9 Å². The molecular formula is C18H16F3N. The van der Waals surface area contributed by atoms with E-state index in [-0.39, 0.29) is 0 Å². The molecule has 0 spiro atoms. The molecule has 0 unspecified atom stereocenters. The van der Waals surface area contributed by atoms with Crippen LogP contribution in [0.4, 0.5) is 18.9 Å². The summed E-state index contributed by atoms with van der Waals surface area (Å²) < 4.78 is 37.8. The van der Waals surface area contributed by atoms with Crippen LogP contribution in [0.15, 0.2) is 47.5 Å². The molecule has 1 heterocycles. The van der Waals surface area contributed by atoms with Crippen molar-refractivity contribution in [2.75, 3.05) is 0 Å². The maximum Gasteiger partial charge on any atom is 0.416 e. The molecule has 1 aliphatic rings. The largest absolute Gasteiger partial charge is 0.416 e. The van der Waals surface area contributed by atoms with Crippen LogP contribution < -0.4 is 0 Å². The van der Waals surface area contributed by atoms with E-state index in [2.05, 4.69) is 4.99 Å². The first kappa shape index (κ1) is 14.8. The molecule has 0 saturated heterocycles. The zero-order chi connectivity index (χ0) is 15.6. The summed E-state index contributed by atoms with van der Waals surface area (Å²) in [7, 11) is 0. The summed E-state index contributed by atoms with van der Waals surface area (Å²) in [5.74, 6) is 0. The highest BCUT2D eigenvalue weighted by Gasteiger charge is 2.29. The summed E-state index contributed by atoms with van der Waals surface area (Å²) in [6.45, 7) is 0. The zero-order valence-corrected chi connectivity index (χ0v) is 12.0. The zero-order valence-electron chi connectivity index (χ0n) is 12.0. The number of aryl methyl sites for hydroxylation is 1. The second kappa shape index (κ2) is 5.95. The van der Waals surface area contributed by atoms with Crippen molar-refractivity contribution in [1.29, 1.82) is 0 Å². The molecule has 0 radical (unpaired) electrons. The highest BCUT2D eigenvalue weighted by Crippen LogP contribution is 2.33. The van der Waals surface area contributed by atoms with E-state index in [0.717, 1.165) is 60.2 Å². The minimum absolute atomic E-state index is 0.618. The van der Waals surface area contributed by atoms with Crippen molar-refractivity contribution in [2.24, 2.45) is 4.99 Å². The molecule has 2 aromatic carbocycles. The van der Waals surface area contributed by atoms with Gasteiger partial charge in [-0.1, -0.05) is 18.2 Å². The standard InChI is InChI=1S/C18H16F3N/c19-18(20,21)16-8-5-13(6-9-16)14-7-10-17-15(12-14)4-2-1-3-11-22-17/h5-12H,1-4H2. The van der Waals surface area contributed by atoms with Crippen molar-refractivity contribution in [3.63, 3.8) is 0 Å². The van der Waals surface area contributed by atoms with Crippen LogP contribution in [0.3, 0.4) is 0 Å². The molecule has 0 aromatic heterocycles. The maximum atomic E-state index is 12.6. The number of rotatable bonds is 1. The molecule has 0 atom stereocenters. The number of hydrogen-bond acceptors (Lipinski definition) is 1. The van der Waals surface area contributed by atoms with Gasteiger partial charge in [0, 0.05) is 6.21 Å². The molecule has 2 aromatic rings. The Hall–Kier alpha value is -2.10. The predicted octanol–water partition coefficient (Wildman–Crippen LogP) is 5.80. The molecule has 4 heteroatoms. The minimum Gasteiger partial charge on any atom is -0.261 e. The molecule has 0 N–H and O–H groups in total. The van der Waals surface area contributed by atoms with E-state index in [4.69, 9.17) is 0 Å². The third-order valence-corrected chi connectivity index (χ3v) is 3.88. The van der Waals surface area contributed by atoms with E-state index in [1.165, 1.54) is 12.1 Å². The number of aliphatic imine (C=N–C) groups is 1. The SMILES string of the molecule is FC(F)(F)c1ccc(-c2ccc3c(c2)CCCCC=N3)cc1. The Morgan fingerprint density at radius 3 is 2.32 bits per heavy atom. The number of fused-ring (bicyclic) bond motifs is 1. The van der Waals surface area contributed by atoms with Crippen molar-refractivity contribution in [2.45, 2.75) is 31.9 Å². The van der Waals surface area contributed by atoms with Gasteiger partial charge in [0.1, 0.15) is 0 Å². The van der Waals surface area contributed by atoms with Crippen LogP contribution in [-0.4, -0.2) is 6.21 Å². The van der Waals surface area contributed by atoms with Crippen LogP contribution in [-0.2, 0) is 12.6 Å². The molecule has 0 bridgehead atoms. The lowest BCUT2D eigenvalue weighted by molar-refractivity contribution is -0.137. The number of halogens is 3. The number of benzene rings is 2. The number of nitrogens with zero attached hydrogens (tertiary/aromatic N) is 1. The molecule has 1 nitrogen and oxygen atoms in total. The van der Waals surface area contributed by atoms with Gasteiger partial charge in [0.05, 0.1) is 11.3 Å². The molecule has 3 rings (SSSR count). The Bertz CT molecular complexity index is 684. The van der Waals surface area contributed by atoms with E-state index in [9.17, 15) is 13.2 Å². The fourth-order valence-corrected chi connectivity index (χ4v) is 2.66. The molecule has 0 amide bonds. The second-order valence-electron chi connectivity index (χ2n) is 5.48. The Kier molecular flexibility index (Phi) is 4.01. The highest BCUT2D eigenvalue weighted by atomic mass is 19.4. The average Bonchev–Trinajstić information content (AvgIpc) is 2.47. The summed E-state index contributed by atoms with van der Waals surface area (Å²) in [5, 5.41) is 0. The fraction of sp³-hybridized carbons (Fsp3) is 0.278. The Labute approximate surface area is 127 Å². The molecule has 0 aliphatic carbocycles. The van der Waals surface area contributed by atoms with Crippen LogP contribution in [0.2, 0.25) is 0 Å². The number of hydrogen-bond donors (Lipinski definition) is 0. The second-order valence-corrected chi connectivity index (χ2v) is 5.48. The Morgan fingerprint density at radius 1 is 0.864 bits per heavy atom. The van der Waals surface area contributed by atoms with Gasteiger partial charge in [0.15, 0.2) is 0 Å². The maximum absolute atomic E-state index is 12.6. The van der Waals surface area contributed by atoms with Gasteiger partial charge in [-0.05, 0) is 66.6 Å². The summed E-state index contributed by atoms with van der Waals surface area (Å²) in [4.78, 5) is 4.45. The average molecular weight is 303 g/mol. The van der Waals surface area contributed by atoms with Gasteiger partial charge in [-0.25, -0.2) is 0 Å². The first-order valence-electron chi connectivity index (χ1n) is 7.37. The van der Waals surface area contributed by atoms with Crippen molar-refractivity contribution in [3.05, 3.63) is 53.6 Å². The lowest BCUT2D eigenvalue weighted by Gasteiger charge is -2.12. The minimum atomic E-state index is -4.29. The summed E-state index contributed by atoms with van der Waals surface area (Å²) in [5.41, 5.74) is 3.24. The van der Waals surface area contributed by atoms with Crippen molar-refractivity contribution in [1.82, 2.24) is 0 Å². The van der Waals surface area contributed by atoms with Gasteiger partial charge in [-0.2, -0.15) is 13.2 Å². The first-order valence-corrected chi connectivity index (χ1v) is 7.37. The van der Waals surface area contributed by atoms with Gasteiger partial charge >= 0.3 is 6.18 Å². The van der Waals surface area contributed by atoms with E-state index in [1.54, 1.807) is 0 Å². The molecule has 22 heavy (non-hydrogen) atoms. The van der Waals surface area contributed by atoms with Crippen LogP contribution in [0.5, 0.6) is 0 Å². The van der Waals surface area contributed by atoms with Gasteiger partial charge in [-0.15, -0.1) is 0 Å². The van der Waals surface area contributed by atoms with E-state index in [0.29, 0.717) is 0 Å². The van der Waals surface area contributed by atoms with Crippen LogP contribution >= 0.6 is 0 Å². The quantitative estimate of drug-likeness (QED) is 0.631. The van der Waals surface area contributed by atoms with Crippen LogP contribution in [0.25, 0.3) is 11.1 Å². The van der Waals surface area contributed by atoms with E-state index in [1.807, 2.05) is 24.4 Å². The topological polar surface area (TPSA) is 12.4 Å². The van der Waals surface area contributed by atoms with Crippen LogP contribution in [0, 0.1) is 0 Å². The van der Waals surface area contributed by atoms with Crippen molar-refractivity contribution in [3.8, 4) is 11.1 Å². The first-order chi connectivity index (χ1) is 10.5. The summed E-state index contributed by atoms with van der Waals surface area (Å²) in [6.07, 6.45) is 1.83. The Balaban J connectivity index is 1.93. The van der Waals surface area contributed by atoms with E-state index >= 15 is 0 Å². The normalized spacial score (nSPS) is 15.0. The number of alkyl halides is 3. The fourth-order valence-electron chi connectivity index (χ4n) is 2.66. The summed E-state index contributed by atoms with van der Waals surface area (Å²) in [6, 6.07) is 11.2. The van der Waals surface area contributed by atoms with Gasteiger partial charge in [0.2, 0.25) is 0 Å². The highest BCUT2D eigenvalue weighted by molar-refractivity contribution is 5.71. The smallest absolute Gasteiger partial charge is 0.261 e. The molecular weight excluding hydrogens is 287 g/mol. The molecule has 0 fully saturated rings. The molecule has 0 saturated carbocycles. The monoisotopic (exact) mass is 303 g/mol. The molecule has 1 aliphatic heterocycles. The third kappa shape index (κ3) is 3.21. The van der Waals surface area contributed by atoms with Crippen LogP contribution in [0.1, 0.15) is 30.4 Å². The predicted molar refractivity (Wildman–Crippen MR) is 82.6 cm³/mol. The van der Waals surface area contributed by atoms with E-state index < -0.39 is 11.7 Å². The molecule has 114 valence electrons. The lowest BCUT2D eigenvalue weighted by atomic mass is 9.97. The van der Waals surface area contributed by atoms with Gasteiger partial charge in [0.25, 0.3) is 0 Å². The third-order valence-electron chi connectivity index (χ3n) is 3.88. The van der Waals surface area contributed by atoms with Gasteiger partial charge < -0.3 is 0 Å².